The molecule has 3 N–H and O–H groups in total. The molecule has 1 aromatic carbocycles. The molecule has 0 radical (unpaired) electrons. The molecular weight excluding hydrogens is 375 g/mol. The number of piperazine rings is 1. The van der Waals surface area contributed by atoms with E-state index in [-0.39, 0.29) is 18.5 Å². The van der Waals surface area contributed by atoms with Gasteiger partial charge in [-0.15, -0.1) is 0 Å². The minimum absolute atomic E-state index is 0.195. The Bertz CT molecular complexity index is 727. The lowest BCUT2D eigenvalue weighted by Gasteiger charge is -2.42. The second-order valence-electron chi connectivity index (χ2n) is 7.84. The molecular formula is C21H29FN4OS. The van der Waals surface area contributed by atoms with Gasteiger partial charge in [0.25, 0.3) is 0 Å². The second-order valence-corrected chi connectivity index (χ2v) is 8.62. The molecule has 2 aliphatic rings. The van der Waals surface area contributed by atoms with Gasteiger partial charge < -0.3 is 10.0 Å². The maximum Gasteiger partial charge on any atom is 0.123 e. The van der Waals surface area contributed by atoms with Gasteiger partial charge in [0.15, 0.2) is 0 Å². The van der Waals surface area contributed by atoms with Crippen molar-refractivity contribution in [2.45, 2.75) is 25.0 Å². The molecule has 0 bridgehead atoms. The molecule has 2 aromatic rings. The van der Waals surface area contributed by atoms with Crippen LogP contribution in [0.1, 0.15) is 23.6 Å². The van der Waals surface area contributed by atoms with Gasteiger partial charge in [-0.05, 0) is 46.5 Å². The molecule has 3 heterocycles. The number of hydrogen-bond donors (Lipinski definition) is 3. The standard InChI is InChI=1S/C21H29FN4OS/c22-19-3-1-17(2-4-19)21-18(11-23-24-21)13-25-7-8-26(20(14-25)5-9-27)12-16-6-10-28-15-16/h1-4,6,10,15,18,20-21,23-24,27H,5,7-9,11-14H2. The summed E-state index contributed by atoms with van der Waals surface area (Å²) in [5.41, 5.74) is 9.13. The van der Waals surface area contributed by atoms with Gasteiger partial charge >= 0.3 is 0 Å². The Hall–Kier alpha value is -1.35. The summed E-state index contributed by atoms with van der Waals surface area (Å²) in [6.45, 7) is 6.14. The fraction of sp³-hybridized carbons (Fsp3) is 0.524. The van der Waals surface area contributed by atoms with Crippen LogP contribution in [-0.4, -0.2) is 60.3 Å². The van der Waals surface area contributed by atoms with E-state index < -0.39 is 0 Å². The molecule has 4 rings (SSSR count). The number of benzene rings is 1. The van der Waals surface area contributed by atoms with Crippen molar-refractivity contribution in [3.8, 4) is 0 Å². The number of aliphatic hydroxyl groups excluding tert-OH is 1. The van der Waals surface area contributed by atoms with Gasteiger partial charge in [-0.1, -0.05) is 12.1 Å². The van der Waals surface area contributed by atoms with E-state index in [2.05, 4.69) is 37.5 Å². The summed E-state index contributed by atoms with van der Waals surface area (Å²) in [5.74, 6) is 0.239. The average Bonchev–Trinajstić information content (AvgIpc) is 3.37. The summed E-state index contributed by atoms with van der Waals surface area (Å²) in [7, 11) is 0. The van der Waals surface area contributed by atoms with E-state index in [1.807, 2.05) is 12.1 Å². The van der Waals surface area contributed by atoms with Crippen LogP contribution in [0.25, 0.3) is 0 Å². The van der Waals surface area contributed by atoms with E-state index in [1.54, 1.807) is 11.3 Å². The van der Waals surface area contributed by atoms with Crippen molar-refractivity contribution in [2.75, 3.05) is 39.3 Å². The number of hydrogen-bond acceptors (Lipinski definition) is 6. The van der Waals surface area contributed by atoms with Gasteiger partial charge in [0.2, 0.25) is 0 Å². The molecule has 3 unspecified atom stereocenters. The average molecular weight is 405 g/mol. The summed E-state index contributed by atoms with van der Waals surface area (Å²) in [4.78, 5) is 5.04. The smallest absolute Gasteiger partial charge is 0.123 e. The van der Waals surface area contributed by atoms with E-state index in [9.17, 15) is 9.50 Å². The van der Waals surface area contributed by atoms with Crippen molar-refractivity contribution >= 4 is 11.3 Å². The van der Waals surface area contributed by atoms with Gasteiger partial charge in [-0.25, -0.2) is 9.82 Å². The third kappa shape index (κ3) is 4.79. The molecule has 0 aliphatic carbocycles. The number of nitrogens with zero attached hydrogens (tertiary/aromatic N) is 2. The molecule has 2 saturated heterocycles. The number of hydrazine groups is 1. The zero-order chi connectivity index (χ0) is 19.3. The van der Waals surface area contributed by atoms with Crippen LogP contribution >= 0.6 is 11.3 Å². The molecule has 2 fully saturated rings. The number of nitrogens with one attached hydrogen (secondary N) is 2. The van der Waals surface area contributed by atoms with Crippen molar-refractivity contribution in [1.82, 2.24) is 20.7 Å². The Labute approximate surface area is 170 Å². The highest BCUT2D eigenvalue weighted by Crippen LogP contribution is 2.27. The Morgan fingerprint density at radius 2 is 2.04 bits per heavy atom. The number of halogens is 1. The molecule has 5 nitrogen and oxygen atoms in total. The van der Waals surface area contributed by atoms with Crippen LogP contribution in [0, 0.1) is 11.7 Å². The van der Waals surface area contributed by atoms with Crippen LogP contribution in [0.2, 0.25) is 0 Å². The number of aliphatic hydroxyl groups is 1. The van der Waals surface area contributed by atoms with Gasteiger partial charge in [-0.2, -0.15) is 11.3 Å². The Morgan fingerprint density at radius 1 is 1.18 bits per heavy atom. The minimum Gasteiger partial charge on any atom is -0.396 e. The molecule has 7 heteroatoms. The molecule has 28 heavy (non-hydrogen) atoms. The van der Waals surface area contributed by atoms with Crippen LogP contribution in [0.4, 0.5) is 4.39 Å². The lowest BCUT2D eigenvalue weighted by atomic mass is 9.93. The van der Waals surface area contributed by atoms with Crippen molar-refractivity contribution in [1.29, 1.82) is 0 Å². The highest BCUT2D eigenvalue weighted by molar-refractivity contribution is 7.07. The summed E-state index contributed by atoms with van der Waals surface area (Å²) in [5, 5.41) is 13.9. The first-order valence-corrected chi connectivity index (χ1v) is 11.0. The van der Waals surface area contributed by atoms with Crippen LogP contribution in [-0.2, 0) is 6.54 Å². The maximum atomic E-state index is 13.3. The molecule has 0 amide bonds. The fourth-order valence-corrected chi connectivity index (χ4v) is 5.09. The quantitative estimate of drug-likeness (QED) is 0.661. The summed E-state index contributed by atoms with van der Waals surface area (Å²) in [6.07, 6.45) is 0.809. The van der Waals surface area contributed by atoms with E-state index in [0.717, 1.165) is 51.3 Å². The van der Waals surface area contributed by atoms with Crippen molar-refractivity contribution in [3.63, 3.8) is 0 Å². The predicted octanol–water partition coefficient (Wildman–Crippen LogP) is 2.22. The van der Waals surface area contributed by atoms with Gasteiger partial charge in [0.05, 0.1) is 6.04 Å². The normalized spacial score (nSPS) is 26.7. The van der Waals surface area contributed by atoms with E-state index in [0.29, 0.717) is 12.0 Å². The number of rotatable bonds is 7. The number of thiophene rings is 1. The first-order valence-electron chi connectivity index (χ1n) is 10.0. The van der Waals surface area contributed by atoms with Crippen LogP contribution in [0.5, 0.6) is 0 Å². The van der Waals surface area contributed by atoms with Crippen molar-refractivity contribution in [2.24, 2.45) is 5.92 Å². The van der Waals surface area contributed by atoms with Crippen LogP contribution < -0.4 is 10.9 Å². The monoisotopic (exact) mass is 404 g/mol. The zero-order valence-corrected chi connectivity index (χ0v) is 16.9. The van der Waals surface area contributed by atoms with E-state index in [1.165, 1.54) is 17.7 Å². The summed E-state index contributed by atoms with van der Waals surface area (Å²) >= 11 is 1.74. The molecule has 0 saturated carbocycles. The fourth-order valence-electron chi connectivity index (χ4n) is 4.43. The zero-order valence-electron chi connectivity index (χ0n) is 16.1. The van der Waals surface area contributed by atoms with Crippen molar-refractivity contribution < 1.29 is 9.50 Å². The lowest BCUT2D eigenvalue weighted by Crippen LogP contribution is -2.54. The topological polar surface area (TPSA) is 50.8 Å². The van der Waals surface area contributed by atoms with Crippen LogP contribution in [0.3, 0.4) is 0 Å². The Kier molecular flexibility index (Phi) is 6.72. The molecule has 1 aromatic heterocycles. The van der Waals surface area contributed by atoms with Crippen LogP contribution in [0.15, 0.2) is 41.1 Å². The lowest BCUT2D eigenvalue weighted by molar-refractivity contribution is 0.0458. The maximum absolute atomic E-state index is 13.3. The van der Waals surface area contributed by atoms with E-state index in [4.69, 9.17) is 0 Å². The molecule has 3 atom stereocenters. The largest absolute Gasteiger partial charge is 0.396 e. The first-order chi connectivity index (χ1) is 13.7. The SMILES string of the molecule is OCCC1CN(CC2CNNC2c2ccc(F)cc2)CCN1Cc1ccsc1. The Morgan fingerprint density at radius 3 is 2.79 bits per heavy atom. The van der Waals surface area contributed by atoms with Gasteiger partial charge in [0.1, 0.15) is 5.82 Å². The predicted molar refractivity (Wildman–Crippen MR) is 110 cm³/mol. The highest BCUT2D eigenvalue weighted by atomic mass is 32.1. The van der Waals surface area contributed by atoms with E-state index >= 15 is 0 Å². The third-order valence-corrected chi connectivity index (χ3v) is 6.66. The molecule has 2 aliphatic heterocycles. The summed E-state index contributed by atoms with van der Waals surface area (Å²) < 4.78 is 13.3. The van der Waals surface area contributed by atoms with Gasteiger partial charge in [0, 0.05) is 57.8 Å². The minimum atomic E-state index is -0.195. The van der Waals surface area contributed by atoms with Crippen molar-refractivity contribution in [3.05, 3.63) is 58.0 Å². The highest BCUT2D eigenvalue weighted by Gasteiger charge is 2.33. The summed E-state index contributed by atoms with van der Waals surface area (Å²) in [6, 6.07) is 9.59. The molecule has 0 spiro atoms. The second kappa shape index (κ2) is 9.43. The third-order valence-electron chi connectivity index (χ3n) is 5.93. The van der Waals surface area contributed by atoms with Gasteiger partial charge in [-0.3, -0.25) is 10.3 Å². The molecule has 152 valence electrons. The Balaban J connectivity index is 1.37. The first kappa shape index (κ1) is 19.9.